The van der Waals surface area contributed by atoms with E-state index in [0.717, 1.165) is 23.1 Å². The fraction of sp³-hybridized carbons (Fsp3) is 0.114. The van der Waals surface area contributed by atoms with E-state index in [1.54, 1.807) is 0 Å². The molecule has 9 aromatic rings. The van der Waals surface area contributed by atoms with E-state index < -0.39 is 0 Å². The first-order valence-electron chi connectivity index (χ1n) is 16.9. The van der Waals surface area contributed by atoms with Crippen LogP contribution in [0.2, 0.25) is 0 Å². The van der Waals surface area contributed by atoms with E-state index >= 15 is 0 Å². The van der Waals surface area contributed by atoms with Crippen molar-refractivity contribution < 1.29 is 0 Å². The molecule has 0 atom stereocenters. The molecule has 1 aliphatic rings. The summed E-state index contributed by atoms with van der Waals surface area (Å²) in [6.07, 6.45) is 0.999. The Bertz CT molecular complexity index is 2740. The normalized spacial score (nSPS) is 12.9. The maximum Gasteiger partial charge on any atom is 0.242 e. The number of para-hydroxylation sites is 2. The molecule has 3 aromatic heterocycles. The van der Waals surface area contributed by atoms with Gasteiger partial charge in [0, 0.05) is 15.5 Å². The van der Waals surface area contributed by atoms with E-state index in [1.165, 1.54) is 92.0 Å². The van der Waals surface area contributed by atoms with E-state index in [2.05, 4.69) is 147 Å². The first kappa shape index (κ1) is 27.9. The lowest BCUT2D eigenvalue weighted by Gasteiger charge is -2.31. The smallest absolute Gasteiger partial charge is 0.242 e. The average molecular weight is 633 g/mol. The van der Waals surface area contributed by atoms with Crippen molar-refractivity contribution in [3.63, 3.8) is 0 Å². The zero-order chi connectivity index (χ0) is 32.3. The number of benzene rings is 6. The maximum absolute atomic E-state index is 5.25. The van der Waals surface area contributed by atoms with Gasteiger partial charge in [0.15, 0.2) is 5.65 Å². The molecule has 0 N–H and O–H groups in total. The Morgan fingerprint density at radius 2 is 1.35 bits per heavy atom. The number of rotatable bonds is 2. The molecule has 0 spiro atoms. The number of pyridine rings is 1. The highest BCUT2D eigenvalue weighted by Crippen LogP contribution is 2.43. The van der Waals surface area contributed by atoms with Gasteiger partial charge in [-0.25, -0.2) is 4.98 Å². The number of nitrogens with zero attached hydrogens (tertiary/aromatic N) is 2. The molecule has 0 radical (unpaired) electrons. The summed E-state index contributed by atoms with van der Waals surface area (Å²) in [6, 6.07) is 43.3. The van der Waals surface area contributed by atoms with Gasteiger partial charge in [-0.3, -0.25) is 4.40 Å². The standard InChI is InChI=1S/C44H33BN2S/c1-25-19-27(3)41-31(21-25)23-32-22-26(2)20-28(4)42(32)45(41)33-16-13-30(14-17-33)38-24-35-40-34-10-6-5-9-29(34)15-18-39(40)48-43(35)44-46-36-11-7-8-12-37(36)47(38)44/h5-22,24H,23H2,1-4H3. The van der Waals surface area contributed by atoms with Crippen LogP contribution in [0.4, 0.5) is 0 Å². The van der Waals surface area contributed by atoms with Gasteiger partial charge in [0.1, 0.15) is 0 Å². The van der Waals surface area contributed by atoms with Crippen LogP contribution < -0.4 is 16.4 Å². The van der Waals surface area contributed by atoms with Crippen LogP contribution in [0.15, 0.2) is 115 Å². The van der Waals surface area contributed by atoms with Gasteiger partial charge in [-0.15, -0.1) is 11.3 Å². The molecule has 4 heteroatoms. The molecule has 0 aliphatic carbocycles. The number of hydrogen-bond donors (Lipinski definition) is 0. The molecule has 0 saturated heterocycles. The molecule has 48 heavy (non-hydrogen) atoms. The molecule has 4 heterocycles. The average Bonchev–Trinajstić information content (AvgIpc) is 3.66. The SMILES string of the molecule is Cc1cc(C)c2c(c1)Cc1cc(C)cc(C)c1B2c1ccc(-c2cc3c(sc4ccc5ccccc5c43)c3nc4ccccc4n23)cc1. The Hall–Kier alpha value is -5.19. The summed E-state index contributed by atoms with van der Waals surface area (Å²) in [5, 5.41) is 5.18. The van der Waals surface area contributed by atoms with Gasteiger partial charge >= 0.3 is 0 Å². The largest absolute Gasteiger partial charge is 0.291 e. The topological polar surface area (TPSA) is 17.3 Å². The number of hydrogen-bond acceptors (Lipinski definition) is 2. The molecule has 0 saturated carbocycles. The van der Waals surface area contributed by atoms with Crippen LogP contribution in [0.5, 0.6) is 0 Å². The molecule has 10 rings (SSSR count). The Balaban J connectivity index is 1.23. The highest BCUT2D eigenvalue weighted by Gasteiger charge is 2.33. The molecule has 1 aliphatic heterocycles. The second-order valence-corrected chi connectivity index (χ2v) is 14.9. The van der Waals surface area contributed by atoms with E-state index in [4.69, 9.17) is 4.98 Å². The van der Waals surface area contributed by atoms with Crippen molar-refractivity contribution >= 4 is 82.1 Å². The van der Waals surface area contributed by atoms with Crippen molar-refractivity contribution in [1.29, 1.82) is 0 Å². The number of fused-ring (bicyclic) bond motifs is 11. The molecular weight excluding hydrogens is 599 g/mol. The fourth-order valence-electron chi connectivity index (χ4n) is 8.81. The quantitative estimate of drug-likeness (QED) is 0.174. The van der Waals surface area contributed by atoms with Gasteiger partial charge in [-0.1, -0.05) is 130 Å². The highest BCUT2D eigenvalue weighted by molar-refractivity contribution is 7.26. The van der Waals surface area contributed by atoms with Crippen molar-refractivity contribution in [2.24, 2.45) is 0 Å². The van der Waals surface area contributed by atoms with Crippen molar-refractivity contribution in [3.8, 4) is 11.3 Å². The minimum Gasteiger partial charge on any atom is -0.291 e. The number of thiophene rings is 1. The van der Waals surface area contributed by atoms with Crippen LogP contribution >= 0.6 is 11.3 Å². The minimum atomic E-state index is 0.211. The van der Waals surface area contributed by atoms with Gasteiger partial charge in [-0.05, 0) is 85.8 Å². The van der Waals surface area contributed by atoms with Gasteiger partial charge in [0.05, 0.1) is 21.4 Å². The van der Waals surface area contributed by atoms with Gasteiger partial charge in [-0.2, -0.15) is 0 Å². The highest BCUT2D eigenvalue weighted by atomic mass is 32.1. The summed E-state index contributed by atoms with van der Waals surface area (Å²) in [4.78, 5) is 5.25. The third kappa shape index (κ3) is 3.96. The minimum absolute atomic E-state index is 0.211. The maximum atomic E-state index is 5.25. The van der Waals surface area contributed by atoms with Crippen LogP contribution in [0.25, 0.3) is 58.9 Å². The second kappa shape index (κ2) is 10.2. The lowest BCUT2D eigenvalue weighted by molar-refractivity contribution is 1.16. The lowest BCUT2D eigenvalue weighted by Crippen LogP contribution is -2.58. The Morgan fingerprint density at radius 3 is 2.10 bits per heavy atom. The summed E-state index contributed by atoms with van der Waals surface area (Å²) in [5.74, 6) is 0. The summed E-state index contributed by atoms with van der Waals surface area (Å²) >= 11 is 1.85. The van der Waals surface area contributed by atoms with Gasteiger partial charge < -0.3 is 0 Å². The third-order valence-corrected chi connectivity index (χ3v) is 11.8. The number of imidazole rings is 1. The van der Waals surface area contributed by atoms with Crippen molar-refractivity contribution in [3.05, 3.63) is 149 Å². The summed E-state index contributed by atoms with van der Waals surface area (Å²) < 4.78 is 4.93. The monoisotopic (exact) mass is 632 g/mol. The molecular formula is C44H33BN2S. The van der Waals surface area contributed by atoms with Crippen molar-refractivity contribution in [1.82, 2.24) is 9.38 Å². The summed E-state index contributed by atoms with van der Waals surface area (Å²) in [6.45, 7) is 9.26. The molecule has 0 fully saturated rings. The van der Waals surface area contributed by atoms with Crippen LogP contribution in [0.3, 0.4) is 0 Å². The Kier molecular flexibility index (Phi) is 5.90. The zero-order valence-electron chi connectivity index (χ0n) is 27.6. The summed E-state index contributed by atoms with van der Waals surface area (Å²) in [7, 11) is 0. The van der Waals surface area contributed by atoms with E-state index in [9.17, 15) is 0 Å². The molecule has 0 unspecified atom stereocenters. The fourth-order valence-corrected chi connectivity index (χ4v) is 9.99. The van der Waals surface area contributed by atoms with Crippen LogP contribution in [0, 0.1) is 27.7 Å². The molecule has 0 amide bonds. The van der Waals surface area contributed by atoms with Gasteiger partial charge in [0.2, 0.25) is 6.71 Å². The zero-order valence-corrected chi connectivity index (χ0v) is 28.4. The number of aryl methyl sites for hydroxylation is 4. The first-order valence-corrected chi connectivity index (χ1v) is 17.7. The Labute approximate surface area is 284 Å². The van der Waals surface area contributed by atoms with E-state index in [1.807, 2.05) is 11.3 Å². The predicted octanol–water partition coefficient (Wildman–Crippen LogP) is 9.33. The van der Waals surface area contributed by atoms with Crippen LogP contribution in [-0.4, -0.2) is 16.1 Å². The first-order chi connectivity index (χ1) is 23.4. The van der Waals surface area contributed by atoms with E-state index in [-0.39, 0.29) is 6.71 Å². The molecule has 2 nitrogen and oxygen atoms in total. The molecule has 0 bridgehead atoms. The van der Waals surface area contributed by atoms with Gasteiger partial charge in [0.25, 0.3) is 0 Å². The summed E-state index contributed by atoms with van der Waals surface area (Å²) in [5.41, 5.74) is 18.3. The predicted molar refractivity (Wildman–Crippen MR) is 208 cm³/mol. The van der Waals surface area contributed by atoms with Crippen LogP contribution in [-0.2, 0) is 6.42 Å². The Morgan fingerprint density at radius 1 is 0.667 bits per heavy atom. The molecule has 228 valence electrons. The van der Waals surface area contributed by atoms with Crippen LogP contribution in [0.1, 0.15) is 33.4 Å². The second-order valence-electron chi connectivity index (χ2n) is 13.8. The van der Waals surface area contributed by atoms with Crippen molar-refractivity contribution in [2.45, 2.75) is 34.1 Å². The number of aromatic nitrogens is 2. The molecule has 6 aromatic carbocycles. The lowest BCUT2D eigenvalue weighted by atomic mass is 9.32. The third-order valence-electron chi connectivity index (χ3n) is 10.6. The van der Waals surface area contributed by atoms with Crippen molar-refractivity contribution in [2.75, 3.05) is 0 Å². The van der Waals surface area contributed by atoms with E-state index in [0.29, 0.717) is 0 Å².